The number of hydrogen-bond acceptors (Lipinski definition) is 3. The summed E-state index contributed by atoms with van der Waals surface area (Å²) >= 11 is 9.42. The Labute approximate surface area is 132 Å². The van der Waals surface area contributed by atoms with Gasteiger partial charge in [-0.05, 0) is 35.9 Å². The molecule has 0 aliphatic carbocycles. The molecule has 20 heavy (non-hydrogen) atoms. The Hall–Kier alpha value is -1.35. The molecule has 0 spiro atoms. The molecule has 0 aromatic heterocycles. The van der Waals surface area contributed by atoms with Crippen molar-refractivity contribution in [2.75, 3.05) is 5.73 Å². The van der Waals surface area contributed by atoms with Crippen molar-refractivity contribution < 1.29 is 4.21 Å². The Balaban J connectivity index is 2.28. The van der Waals surface area contributed by atoms with Crippen LogP contribution in [0.1, 0.15) is 11.1 Å². The molecular weight excluding hydrogens is 360 g/mol. The molecule has 1 atom stereocenters. The van der Waals surface area contributed by atoms with E-state index in [1.807, 2.05) is 6.07 Å². The van der Waals surface area contributed by atoms with Crippen LogP contribution in [0.2, 0.25) is 5.02 Å². The lowest BCUT2D eigenvalue weighted by Gasteiger charge is -2.08. The third-order valence-corrected chi connectivity index (χ3v) is 4.95. The van der Waals surface area contributed by atoms with Crippen LogP contribution in [-0.2, 0) is 16.6 Å². The Morgan fingerprint density at radius 1 is 1.30 bits per heavy atom. The highest BCUT2D eigenvalue weighted by Gasteiger charge is 2.12. The second-order valence-corrected chi connectivity index (χ2v) is 6.83. The highest BCUT2D eigenvalue weighted by molar-refractivity contribution is 9.10. The topological polar surface area (TPSA) is 66.9 Å². The number of rotatable bonds is 3. The largest absolute Gasteiger partial charge is 0.398 e. The second kappa shape index (κ2) is 6.40. The molecule has 2 rings (SSSR count). The van der Waals surface area contributed by atoms with E-state index in [0.717, 1.165) is 10.0 Å². The SMILES string of the molecule is N#Cc1ccc(CS(=O)c2cc(Br)ccc2N)c(Cl)c1. The molecule has 0 aliphatic rings. The van der Waals surface area contributed by atoms with Crippen molar-refractivity contribution in [3.63, 3.8) is 0 Å². The smallest absolute Gasteiger partial charge is 0.0992 e. The van der Waals surface area contributed by atoms with Crippen LogP contribution >= 0.6 is 27.5 Å². The average Bonchev–Trinajstić information content (AvgIpc) is 2.43. The summed E-state index contributed by atoms with van der Waals surface area (Å²) in [4.78, 5) is 0.569. The van der Waals surface area contributed by atoms with E-state index in [9.17, 15) is 4.21 Å². The minimum Gasteiger partial charge on any atom is -0.398 e. The predicted octanol–water partition coefficient (Wildman–Crippen LogP) is 3.86. The van der Waals surface area contributed by atoms with Gasteiger partial charge in [-0.3, -0.25) is 4.21 Å². The van der Waals surface area contributed by atoms with E-state index < -0.39 is 10.8 Å². The zero-order valence-electron chi connectivity index (χ0n) is 10.3. The standard InChI is InChI=1S/C14H10BrClN2OS/c15-11-3-4-13(18)14(6-11)20(19)8-10-2-1-9(7-17)5-12(10)16/h1-6H,8,18H2. The van der Waals surface area contributed by atoms with Crippen LogP contribution in [0.3, 0.4) is 0 Å². The zero-order chi connectivity index (χ0) is 14.7. The lowest BCUT2D eigenvalue weighted by atomic mass is 10.2. The number of anilines is 1. The Morgan fingerprint density at radius 2 is 2.05 bits per heavy atom. The molecule has 0 saturated carbocycles. The Morgan fingerprint density at radius 3 is 2.70 bits per heavy atom. The number of nitriles is 1. The molecule has 6 heteroatoms. The fraction of sp³-hybridized carbons (Fsp3) is 0.0714. The van der Waals surface area contributed by atoms with Gasteiger partial charge in [-0.1, -0.05) is 33.6 Å². The van der Waals surface area contributed by atoms with Gasteiger partial charge >= 0.3 is 0 Å². The van der Waals surface area contributed by atoms with E-state index in [4.69, 9.17) is 22.6 Å². The molecule has 2 aromatic carbocycles. The quantitative estimate of drug-likeness (QED) is 0.835. The first-order valence-corrected chi connectivity index (χ1v) is 8.12. The van der Waals surface area contributed by atoms with Gasteiger partial charge in [0.25, 0.3) is 0 Å². The Kier molecular flexibility index (Phi) is 4.81. The van der Waals surface area contributed by atoms with E-state index in [1.165, 1.54) is 0 Å². The van der Waals surface area contributed by atoms with Crippen molar-refractivity contribution in [3.8, 4) is 6.07 Å². The predicted molar refractivity (Wildman–Crippen MR) is 84.8 cm³/mol. The van der Waals surface area contributed by atoms with Gasteiger partial charge in [-0.25, -0.2) is 0 Å². The maximum absolute atomic E-state index is 12.4. The first-order valence-electron chi connectivity index (χ1n) is 5.63. The summed E-state index contributed by atoms with van der Waals surface area (Å²) in [6.07, 6.45) is 0. The molecule has 0 amide bonds. The fourth-order valence-electron chi connectivity index (χ4n) is 1.66. The van der Waals surface area contributed by atoms with E-state index >= 15 is 0 Å². The molecule has 0 saturated heterocycles. The van der Waals surface area contributed by atoms with Crippen LogP contribution in [0.4, 0.5) is 5.69 Å². The average molecular weight is 370 g/mol. The summed E-state index contributed by atoms with van der Waals surface area (Å²) in [6.45, 7) is 0. The maximum Gasteiger partial charge on any atom is 0.0992 e. The molecule has 102 valence electrons. The minimum atomic E-state index is -1.30. The van der Waals surface area contributed by atoms with E-state index in [2.05, 4.69) is 15.9 Å². The van der Waals surface area contributed by atoms with Gasteiger partial charge in [0.2, 0.25) is 0 Å². The summed E-state index contributed by atoms with van der Waals surface area (Å²) in [7, 11) is -1.30. The van der Waals surface area contributed by atoms with Gasteiger partial charge in [0.05, 0.1) is 33.1 Å². The number of nitrogens with zero attached hydrogens (tertiary/aromatic N) is 1. The van der Waals surface area contributed by atoms with Crippen LogP contribution < -0.4 is 5.73 Å². The number of nitrogen functional groups attached to an aromatic ring is 1. The molecule has 3 nitrogen and oxygen atoms in total. The molecule has 0 fully saturated rings. The highest BCUT2D eigenvalue weighted by Crippen LogP contribution is 2.26. The van der Waals surface area contributed by atoms with Crippen molar-refractivity contribution in [3.05, 3.63) is 57.0 Å². The summed E-state index contributed by atoms with van der Waals surface area (Å²) in [6, 6.07) is 12.2. The van der Waals surface area contributed by atoms with Crippen LogP contribution in [0.5, 0.6) is 0 Å². The summed E-state index contributed by atoms with van der Waals surface area (Å²) < 4.78 is 13.2. The van der Waals surface area contributed by atoms with E-state index in [-0.39, 0.29) is 5.75 Å². The van der Waals surface area contributed by atoms with Crippen LogP contribution in [0.25, 0.3) is 0 Å². The van der Waals surface area contributed by atoms with Gasteiger partial charge in [-0.2, -0.15) is 5.26 Å². The van der Waals surface area contributed by atoms with E-state index in [1.54, 1.807) is 36.4 Å². The lowest BCUT2D eigenvalue weighted by Crippen LogP contribution is -2.01. The molecule has 0 heterocycles. The van der Waals surface area contributed by atoms with Crippen molar-refractivity contribution >= 4 is 44.0 Å². The van der Waals surface area contributed by atoms with Crippen molar-refractivity contribution in [2.45, 2.75) is 10.6 Å². The van der Waals surface area contributed by atoms with Gasteiger partial charge in [0.1, 0.15) is 0 Å². The number of nitrogens with two attached hydrogens (primary N) is 1. The van der Waals surface area contributed by atoms with Gasteiger partial charge < -0.3 is 5.73 Å². The number of benzene rings is 2. The molecule has 0 aliphatic heterocycles. The van der Waals surface area contributed by atoms with Gasteiger partial charge in [-0.15, -0.1) is 0 Å². The first-order chi connectivity index (χ1) is 9.51. The highest BCUT2D eigenvalue weighted by atomic mass is 79.9. The maximum atomic E-state index is 12.4. The minimum absolute atomic E-state index is 0.255. The normalized spacial score (nSPS) is 11.8. The zero-order valence-corrected chi connectivity index (χ0v) is 13.4. The molecule has 0 radical (unpaired) electrons. The molecule has 1 unspecified atom stereocenters. The third-order valence-electron chi connectivity index (χ3n) is 2.69. The summed E-state index contributed by atoms with van der Waals surface area (Å²) in [5.41, 5.74) is 7.52. The van der Waals surface area contributed by atoms with Crippen LogP contribution in [0, 0.1) is 11.3 Å². The summed E-state index contributed by atoms with van der Waals surface area (Å²) in [5, 5.41) is 9.23. The monoisotopic (exact) mass is 368 g/mol. The summed E-state index contributed by atoms with van der Waals surface area (Å²) in [5.74, 6) is 0.255. The molecule has 2 N–H and O–H groups in total. The molecule has 2 aromatic rings. The van der Waals surface area contributed by atoms with Gasteiger partial charge in [0, 0.05) is 15.2 Å². The Bertz CT molecular complexity index is 728. The number of halogens is 2. The van der Waals surface area contributed by atoms with Crippen molar-refractivity contribution in [1.29, 1.82) is 5.26 Å². The lowest BCUT2D eigenvalue weighted by molar-refractivity contribution is 0.683. The fourth-order valence-corrected chi connectivity index (χ4v) is 3.78. The molecular formula is C14H10BrClN2OS. The van der Waals surface area contributed by atoms with E-state index in [0.29, 0.717) is 21.2 Å². The van der Waals surface area contributed by atoms with Crippen LogP contribution in [0.15, 0.2) is 45.8 Å². The second-order valence-electron chi connectivity index (χ2n) is 4.09. The van der Waals surface area contributed by atoms with Crippen molar-refractivity contribution in [1.82, 2.24) is 0 Å². The van der Waals surface area contributed by atoms with Crippen LogP contribution in [-0.4, -0.2) is 4.21 Å². The van der Waals surface area contributed by atoms with Crippen molar-refractivity contribution in [2.24, 2.45) is 0 Å². The van der Waals surface area contributed by atoms with Gasteiger partial charge in [0.15, 0.2) is 0 Å². The molecule has 0 bridgehead atoms. The first kappa shape index (κ1) is 15.0. The third kappa shape index (κ3) is 3.40. The number of hydrogen-bond donors (Lipinski definition) is 1.